The average molecular weight is 253 g/mol. The standard InChI is InChI=1S/C9H5ClN4OS/c10-7-2-1-5(15)3-6(7)8-13-14-4-11-12-9(14)16-8/h1-4,15H. The molecular formula is C9H5ClN4OS. The lowest BCUT2D eigenvalue weighted by Gasteiger charge is -1.99. The number of hydrogen-bond acceptors (Lipinski definition) is 5. The monoisotopic (exact) mass is 252 g/mol. The van der Waals surface area contributed by atoms with Crippen LogP contribution in [-0.4, -0.2) is 24.9 Å². The number of phenols is 1. The number of aromatic hydroxyl groups is 1. The van der Waals surface area contributed by atoms with Crippen LogP contribution < -0.4 is 0 Å². The summed E-state index contributed by atoms with van der Waals surface area (Å²) in [5.41, 5.74) is 0.692. The van der Waals surface area contributed by atoms with Crippen molar-refractivity contribution in [2.75, 3.05) is 0 Å². The second-order valence-electron chi connectivity index (χ2n) is 3.13. The van der Waals surface area contributed by atoms with E-state index in [4.69, 9.17) is 11.6 Å². The summed E-state index contributed by atoms with van der Waals surface area (Å²) in [6.07, 6.45) is 1.52. The molecule has 3 aromatic rings. The molecule has 0 spiro atoms. The number of halogens is 1. The SMILES string of the molecule is Oc1ccc(Cl)c(-c2nn3cnnc3s2)c1. The van der Waals surface area contributed by atoms with Gasteiger partial charge in [-0.05, 0) is 18.2 Å². The quantitative estimate of drug-likeness (QED) is 0.721. The zero-order valence-corrected chi connectivity index (χ0v) is 9.40. The van der Waals surface area contributed by atoms with Gasteiger partial charge in [-0.1, -0.05) is 22.9 Å². The van der Waals surface area contributed by atoms with Crippen LogP contribution in [0.15, 0.2) is 24.5 Å². The molecule has 2 heterocycles. The van der Waals surface area contributed by atoms with Crippen LogP contribution in [0.2, 0.25) is 5.02 Å². The molecule has 0 aliphatic carbocycles. The summed E-state index contributed by atoms with van der Waals surface area (Å²) in [5.74, 6) is 0.158. The van der Waals surface area contributed by atoms with E-state index < -0.39 is 0 Å². The van der Waals surface area contributed by atoms with Gasteiger partial charge in [0.2, 0.25) is 4.96 Å². The molecule has 1 N–H and O–H groups in total. The fraction of sp³-hybridized carbons (Fsp3) is 0. The van der Waals surface area contributed by atoms with E-state index in [1.54, 1.807) is 16.6 Å². The van der Waals surface area contributed by atoms with Crippen molar-refractivity contribution in [3.8, 4) is 16.3 Å². The molecule has 0 aliphatic rings. The molecule has 0 saturated carbocycles. The highest BCUT2D eigenvalue weighted by atomic mass is 35.5. The Hall–Kier alpha value is -1.66. The number of benzene rings is 1. The number of aromatic nitrogens is 4. The van der Waals surface area contributed by atoms with E-state index in [0.29, 0.717) is 20.6 Å². The predicted octanol–water partition coefficient (Wildman–Crippen LogP) is 2.21. The van der Waals surface area contributed by atoms with Gasteiger partial charge in [0.15, 0.2) is 0 Å². The maximum atomic E-state index is 9.41. The molecule has 0 unspecified atom stereocenters. The van der Waals surface area contributed by atoms with Crippen LogP contribution >= 0.6 is 22.9 Å². The van der Waals surface area contributed by atoms with E-state index in [0.717, 1.165) is 0 Å². The van der Waals surface area contributed by atoms with Crippen LogP contribution in [-0.2, 0) is 0 Å². The van der Waals surface area contributed by atoms with Gasteiger partial charge in [-0.3, -0.25) is 0 Å². The van der Waals surface area contributed by atoms with Gasteiger partial charge in [0.1, 0.15) is 17.1 Å². The Kier molecular flexibility index (Phi) is 2.05. The summed E-state index contributed by atoms with van der Waals surface area (Å²) in [6, 6.07) is 4.74. The summed E-state index contributed by atoms with van der Waals surface area (Å²) < 4.78 is 1.57. The first-order valence-electron chi connectivity index (χ1n) is 4.40. The Morgan fingerprint density at radius 2 is 2.25 bits per heavy atom. The summed E-state index contributed by atoms with van der Waals surface area (Å²) in [5, 5.41) is 22.5. The second-order valence-corrected chi connectivity index (χ2v) is 4.49. The molecule has 0 amide bonds. The van der Waals surface area contributed by atoms with Crippen molar-refractivity contribution in [2.45, 2.75) is 0 Å². The van der Waals surface area contributed by atoms with Crippen molar-refractivity contribution < 1.29 is 5.11 Å². The largest absolute Gasteiger partial charge is 0.508 e. The minimum atomic E-state index is 0.158. The molecule has 5 nitrogen and oxygen atoms in total. The van der Waals surface area contributed by atoms with E-state index in [9.17, 15) is 5.11 Å². The van der Waals surface area contributed by atoms with E-state index in [2.05, 4.69) is 15.3 Å². The van der Waals surface area contributed by atoms with E-state index in [1.807, 2.05) is 0 Å². The van der Waals surface area contributed by atoms with Crippen molar-refractivity contribution in [3.05, 3.63) is 29.5 Å². The van der Waals surface area contributed by atoms with E-state index in [1.165, 1.54) is 23.7 Å². The molecule has 1 aromatic carbocycles. The first kappa shape index (κ1) is 9.56. The van der Waals surface area contributed by atoms with Crippen molar-refractivity contribution in [1.29, 1.82) is 0 Å². The van der Waals surface area contributed by atoms with Gasteiger partial charge in [0.25, 0.3) is 0 Å². The Morgan fingerprint density at radius 3 is 3.06 bits per heavy atom. The Labute approximate surface area is 98.9 Å². The number of hydrogen-bond donors (Lipinski definition) is 1. The summed E-state index contributed by atoms with van der Waals surface area (Å²) >= 11 is 7.40. The van der Waals surface area contributed by atoms with Crippen molar-refractivity contribution in [3.63, 3.8) is 0 Å². The minimum absolute atomic E-state index is 0.158. The summed E-state index contributed by atoms with van der Waals surface area (Å²) in [7, 11) is 0. The van der Waals surface area contributed by atoms with Crippen molar-refractivity contribution >= 4 is 27.9 Å². The highest BCUT2D eigenvalue weighted by Crippen LogP contribution is 2.33. The van der Waals surface area contributed by atoms with Gasteiger partial charge in [-0.2, -0.15) is 9.61 Å². The zero-order chi connectivity index (χ0) is 11.1. The predicted molar refractivity (Wildman–Crippen MR) is 60.8 cm³/mol. The number of fused-ring (bicyclic) bond motifs is 1. The highest BCUT2D eigenvalue weighted by molar-refractivity contribution is 7.19. The van der Waals surface area contributed by atoms with Gasteiger partial charge >= 0.3 is 0 Å². The molecule has 0 aliphatic heterocycles. The molecule has 0 atom stereocenters. The third-order valence-corrected chi connectivity index (χ3v) is 3.34. The minimum Gasteiger partial charge on any atom is -0.508 e. The summed E-state index contributed by atoms with van der Waals surface area (Å²) in [4.78, 5) is 0.689. The third kappa shape index (κ3) is 1.43. The highest BCUT2D eigenvalue weighted by Gasteiger charge is 2.11. The van der Waals surface area contributed by atoms with Crippen LogP contribution in [0.4, 0.5) is 0 Å². The van der Waals surface area contributed by atoms with Gasteiger partial charge in [-0.25, -0.2) is 0 Å². The zero-order valence-electron chi connectivity index (χ0n) is 7.83. The van der Waals surface area contributed by atoms with E-state index >= 15 is 0 Å². The van der Waals surface area contributed by atoms with Crippen molar-refractivity contribution in [1.82, 2.24) is 19.8 Å². The fourth-order valence-corrected chi connectivity index (χ4v) is 2.46. The van der Waals surface area contributed by atoms with E-state index in [-0.39, 0.29) is 5.75 Å². The topological polar surface area (TPSA) is 63.3 Å². The van der Waals surface area contributed by atoms with Crippen LogP contribution in [0.3, 0.4) is 0 Å². The second kappa shape index (κ2) is 3.43. The molecule has 0 fully saturated rings. The van der Waals surface area contributed by atoms with Gasteiger partial charge in [-0.15, -0.1) is 10.2 Å². The van der Waals surface area contributed by atoms with Crippen LogP contribution in [0.25, 0.3) is 15.5 Å². The van der Waals surface area contributed by atoms with Gasteiger partial charge < -0.3 is 5.11 Å². The van der Waals surface area contributed by atoms with Gasteiger partial charge in [0.05, 0.1) is 5.02 Å². The maximum absolute atomic E-state index is 9.41. The first-order valence-corrected chi connectivity index (χ1v) is 5.59. The molecular weight excluding hydrogens is 248 g/mol. The number of nitrogens with zero attached hydrogens (tertiary/aromatic N) is 4. The molecule has 3 rings (SSSR count). The summed E-state index contributed by atoms with van der Waals surface area (Å²) in [6.45, 7) is 0. The van der Waals surface area contributed by atoms with Crippen molar-refractivity contribution in [2.24, 2.45) is 0 Å². The lowest BCUT2D eigenvalue weighted by molar-refractivity contribution is 0.475. The van der Waals surface area contributed by atoms with Gasteiger partial charge in [0, 0.05) is 5.56 Å². The lowest BCUT2D eigenvalue weighted by Crippen LogP contribution is -1.83. The molecule has 80 valence electrons. The smallest absolute Gasteiger partial charge is 0.234 e. The first-order chi connectivity index (χ1) is 7.74. The third-order valence-electron chi connectivity index (χ3n) is 2.07. The fourth-order valence-electron chi connectivity index (χ4n) is 1.35. The van der Waals surface area contributed by atoms with Crippen LogP contribution in [0.5, 0.6) is 5.75 Å². The maximum Gasteiger partial charge on any atom is 0.234 e. The molecule has 0 bridgehead atoms. The lowest BCUT2D eigenvalue weighted by atomic mass is 10.2. The molecule has 0 saturated heterocycles. The average Bonchev–Trinajstić information content (AvgIpc) is 2.81. The van der Waals surface area contributed by atoms with Crippen LogP contribution in [0.1, 0.15) is 0 Å². The molecule has 2 aromatic heterocycles. The Morgan fingerprint density at radius 1 is 1.38 bits per heavy atom. The number of phenolic OH excluding ortho intramolecular Hbond substituents is 1. The molecule has 7 heteroatoms. The Bertz CT molecular complexity index is 634. The Balaban J connectivity index is 2.22. The normalized spacial score (nSPS) is 11.1. The molecule has 16 heavy (non-hydrogen) atoms. The van der Waals surface area contributed by atoms with Crippen LogP contribution in [0, 0.1) is 0 Å². The molecule has 0 radical (unpaired) electrons. The number of rotatable bonds is 1.